The van der Waals surface area contributed by atoms with Gasteiger partial charge in [-0.3, -0.25) is 14.9 Å². The van der Waals surface area contributed by atoms with Crippen LogP contribution in [-0.4, -0.2) is 36.6 Å². The third-order valence-corrected chi connectivity index (χ3v) is 6.97. The monoisotopic (exact) mass is 437 g/mol. The van der Waals surface area contributed by atoms with Crippen LogP contribution in [0.15, 0.2) is 47.4 Å². The van der Waals surface area contributed by atoms with Crippen LogP contribution in [-0.2, 0) is 10.0 Å². The molecule has 1 amide bonds. The van der Waals surface area contributed by atoms with Crippen LogP contribution in [0.1, 0.15) is 30.1 Å². The normalized spacial score (nSPS) is 17.7. The van der Waals surface area contributed by atoms with Crippen LogP contribution in [0.25, 0.3) is 0 Å². The largest absolute Gasteiger partial charge is 0.322 e. The van der Waals surface area contributed by atoms with Gasteiger partial charge in [-0.15, -0.1) is 0 Å². The lowest BCUT2D eigenvalue weighted by Crippen LogP contribution is -2.39. The number of hydrogen-bond acceptors (Lipinski definition) is 5. The van der Waals surface area contributed by atoms with Crippen LogP contribution >= 0.6 is 11.6 Å². The molecule has 29 heavy (non-hydrogen) atoms. The van der Waals surface area contributed by atoms with Crippen molar-refractivity contribution >= 4 is 38.9 Å². The maximum Gasteiger partial charge on any atom is 0.288 e. The summed E-state index contributed by atoms with van der Waals surface area (Å²) in [4.78, 5) is 22.8. The van der Waals surface area contributed by atoms with E-state index in [1.165, 1.54) is 40.7 Å². The number of benzene rings is 2. The van der Waals surface area contributed by atoms with Gasteiger partial charge in [-0.05, 0) is 55.2 Å². The molecule has 0 bridgehead atoms. The summed E-state index contributed by atoms with van der Waals surface area (Å²) in [5.41, 5.74) is 0.0789. The number of carbonyl (C=O) groups excluding carboxylic acids is 1. The molecule has 2 aromatic carbocycles. The first kappa shape index (κ1) is 21.2. The van der Waals surface area contributed by atoms with Crippen LogP contribution in [0.4, 0.5) is 11.4 Å². The average Bonchev–Trinajstić information content (AvgIpc) is 2.68. The van der Waals surface area contributed by atoms with Gasteiger partial charge in [-0.1, -0.05) is 18.5 Å². The molecule has 0 unspecified atom stereocenters. The van der Waals surface area contributed by atoms with Crippen LogP contribution in [0.2, 0.25) is 5.02 Å². The summed E-state index contributed by atoms with van der Waals surface area (Å²) in [6.45, 7) is 3.03. The van der Waals surface area contributed by atoms with Gasteiger partial charge in [0.25, 0.3) is 11.6 Å². The predicted octanol–water partition coefficient (Wildman–Crippen LogP) is 3.92. The maximum absolute atomic E-state index is 12.8. The number of amides is 1. The van der Waals surface area contributed by atoms with Gasteiger partial charge >= 0.3 is 0 Å². The van der Waals surface area contributed by atoms with Gasteiger partial charge in [0.05, 0.1) is 9.82 Å². The maximum atomic E-state index is 12.8. The highest BCUT2D eigenvalue weighted by molar-refractivity contribution is 7.89. The van der Waals surface area contributed by atoms with Crippen molar-refractivity contribution in [3.63, 3.8) is 0 Å². The molecule has 0 radical (unpaired) electrons. The van der Waals surface area contributed by atoms with E-state index < -0.39 is 20.9 Å². The molecule has 2 aromatic rings. The molecule has 1 N–H and O–H groups in total. The van der Waals surface area contributed by atoms with E-state index in [-0.39, 0.29) is 21.2 Å². The number of nitrogens with one attached hydrogen (secondary N) is 1. The highest BCUT2D eigenvalue weighted by atomic mass is 35.5. The highest BCUT2D eigenvalue weighted by Crippen LogP contribution is 2.26. The molecule has 0 aliphatic carbocycles. The van der Waals surface area contributed by atoms with E-state index in [0.29, 0.717) is 24.7 Å². The van der Waals surface area contributed by atoms with E-state index in [9.17, 15) is 23.3 Å². The fourth-order valence-corrected chi connectivity index (χ4v) is 5.01. The van der Waals surface area contributed by atoms with Crippen LogP contribution < -0.4 is 5.32 Å². The minimum Gasteiger partial charge on any atom is -0.322 e. The SMILES string of the molecule is C[C@@H]1CCCN(S(=O)(=O)c2ccc(NC(=O)c3ccc(Cl)c([N+](=O)[O-])c3)cc2)C1. The highest BCUT2D eigenvalue weighted by Gasteiger charge is 2.28. The zero-order valence-corrected chi connectivity index (χ0v) is 17.2. The molecule has 1 saturated heterocycles. The van der Waals surface area contributed by atoms with Crippen molar-refractivity contribution < 1.29 is 18.1 Å². The fourth-order valence-electron chi connectivity index (χ4n) is 3.22. The Bertz CT molecular complexity index is 1040. The Morgan fingerprint density at radius 1 is 1.24 bits per heavy atom. The molecule has 0 saturated carbocycles. The second kappa shape index (κ2) is 8.48. The Labute approximate surface area is 173 Å². The average molecular weight is 438 g/mol. The summed E-state index contributed by atoms with van der Waals surface area (Å²) in [5.74, 6) is -0.245. The quantitative estimate of drug-likeness (QED) is 0.563. The smallest absolute Gasteiger partial charge is 0.288 e. The van der Waals surface area contributed by atoms with Gasteiger partial charge in [-0.25, -0.2) is 8.42 Å². The van der Waals surface area contributed by atoms with Crippen molar-refractivity contribution in [2.24, 2.45) is 5.92 Å². The van der Waals surface area contributed by atoms with Crippen LogP contribution in [0.5, 0.6) is 0 Å². The van der Waals surface area contributed by atoms with Crippen molar-refractivity contribution in [1.82, 2.24) is 4.31 Å². The summed E-state index contributed by atoms with van der Waals surface area (Å²) in [6.07, 6.45) is 1.85. The second-order valence-electron chi connectivity index (χ2n) is 7.01. The number of sulfonamides is 1. The molecule has 1 heterocycles. The standard InChI is InChI=1S/C19H20ClN3O5S/c1-13-3-2-10-22(12-13)29(27,28)16-7-5-15(6-8-16)21-19(24)14-4-9-17(20)18(11-14)23(25)26/h4-9,11,13H,2-3,10,12H2,1H3,(H,21,24)/t13-/m1/s1. The summed E-state index contributed by atoms with van der Waals surface area (Å²) >= 11 is 5.75. The molecular weight excluding hydrogens is 418 g/mol. The van der Waals surface area contributed by atoms with Gasteiger partial charge in [0.1, 0.15) is 5.02 Å². The molecule has 8 nitrogen and oxygen atoms in total. The Kier molecular flexibility index (Phi) is 6.21. The summed E-state index contributed by atoms with van der Waals surface area (Å²) in [6, 6.07) is 9.60. The molecule has 154 valence electrons. The molecule has 10 heteroatoms. The van der Waals surface area contributed by atoms with Gasteiger partial charge in [-0.2, -0.15) is 4.31 Å². The Morgan fingerprint density at radius 2 is 1.93 bits per heavy atom. The Balaban J connectivity index is 1.74. The van der Waals surface area contributed by atoms with Crippen LogP contribution in [0.3, 0.4) is 0 Å². The third kappa shape index (κ3) is 4.75. The number of nitrogens with zero attached hydrogens (tertiary/aromatic N) is 2. The van der Waals surface area contributed by atoms with E-state index >= 15 is 0 Å². The molecule has 1 aliphatic heterocycles. The van der Waals surface area contributed by atoms with Gasteiger partial charge in [0, 0.05) is 30.4 Å². The zero-order valence-electron chi connectivity index (χ0n) is 15.7. The molecule has 1 atom stereocenters. The first-order valence-corrected chi connectivity index (χ1v) is 10.9. The van der Waals surface area contributed by atoms with Gasteiger partial charge in [0.2, 0.25) is 10.0 Å². The Hall–Kier alpha value is -2.49. The first-order chi connectivity index (χ1) is 13.7. The van der Waals surface area contributed by atoms with E-state index in [2.05, 4.69) is 5.32 Å². The van der Waals surface area contributed by atoms with E-state index in [0.717, 1.165) is 18.9 Å². The Morgan fingerprint density at radius 3 is 2.55 bits per heavy atom. The topological polar surface area (TPSA) is 110 Å². The van der Waals surface area contributed by atoms with Crippen molar-refractivity contribution in [2.45, 2.75) is 24.7 Å². The van der Waals surface area contributed by atoms with Crippen molar-refractivity contribution in [1.29, 1.82) is 0 Å². The van der Waals surface area contributed by atoms with Crippen molar-refractivity contribution in [3.8, 4) is 0 Å². The first-order valence-electron chi connectivity index (χ1n) is 9.04. The fraction of sp³-hybridized carbons (Fsp3) is 0.316. The van der Waals surface area contributed by atoms with Gasteiger partial charge < -0.3 is 5.32 Å². The van der Waals surface area contributed by atoms with E-state index in [1.54, 1.807) is 0 Å². The van der Waals surface area contributed by atoms with Gasteiger partial charge in [0.15, 0.2) is 0 Å². The minimum absolute atomic E-state index is 0.0619. The molecule has 1 fully saturated rings. The number of halogens is 1. The number of piperidine rings is 1. The lowest BCUT2D eigenvalue weighted by Gasteiger charge is -2.30. The number of hydrogen-bond donors (Lipinski definition) is 1. The second-order valence-corrected chi connectivity index (χ2v) is 9.36. The predicted molar refractivity (Wildman–Crippen MR) is 110 cm³/mol. The third-order valence-electron chi connectivity index (χ3n) is 4.77. The summed E-state index contributed by atoms with van der Waals surface area (Å²) < 4.78 is 27.1. The molecule has 0 spiro atoms. The summed E-state index contributed by atoms with van der Waals surface area (Å²) in [7, 11) is -3.58. The summed E-state index contributed by atoms with van der Waals surface area (Å²) in [5, 5.41) is 13.5. The molecule has 0 aromatic heterocycles. The molecular formula is C19H20ClN3O5S. The van der Waals surface area contributed by atoms with Crippen molar-refractivity contribution in [2.75, 3.05) is 18.4 Å². The molecule has 1 aliphatic rings. The molecule has 3 rings (SSSR count). The number of nitro groups is 1. The van der Waals surface area contributed by atoms with E-state index in [4.69, 9.17) is 11.6 Å². The minimum atomic E-state index is -3.58. The number of anilines is 1. The van der Waals surface area contributed by atoms with Crippen LogP contribution in [0, 0.1) is 16.0 Å². The number of nitro benzene ring substituents is 1. The van der Waals surface area contributed by atoms with Crippen molar-refractivity contribution in [3.05, 3.63) is 63.2 Å². The number of carbonyl (C=O) groups is 1. The van der Waals surface area contributed by atoms with E-state index in [1.807, 2.05) is 6.92 Å². The number of rotatable bonds is 5. The lowest BCUT2D eigenvalue weighted by atomic mass is 10.0. The lowest BCUT2D eigenvalue weighted by molar-refractivity contribution is -0.384. The zero-order chi connectivity index (χ0) is 21.2.